The van der Waals surface area contributed by atoms with Crippen LogP contribution in [0.4, 0.5) is 11.5 Å². The number of phenolic OH excluding ortho intramolecular Hbond substituents is 2. The second-order valence-electron chi connectivity index (χ2n) is 13.0. The molecular formula is C37H36BN5O9S. The number of piperazine rings is 1. The van der Waals surface area contributed by atoms with Crippen LogP contribution in [-0.4, -0.2) is 92.8 Å². The van der Waals surface area contributed by atoms with Gasteiger partial charge in [0.1, 0.15) is 34.6 Å². The molecule has 272 valence electrons. The van der Waals surface area contributed by atoms with Crippen LogP contribution in [0, 0.1) is 0 Å². The highest BCUT2D eigenvalue weighted by Gasteiger charge is 2.53. The number of hydrogen-bond acceptors (Lipinski definition) is 12. The summed E-state index contributed by atoms with van der Waals surface area (Å²) in [6.07, 6.45) is 2.52. The zero-order chi connectivity index (χ0) is 37.3. The van der Waals surface area contributed by atoms with Crippen LogP contribution >= 0.6 is 12.2 Å². The zero-order valence-corrected chi connectivity index (χ0v) is 29.3. The minimum Gasteiger partial charge on any atom is -0.508 e. The maximum absolute atomic E-state index is 13.4. The van der Waals surface area contributed by atoms with E-state index in [2.05, 4.69) is 15.6 Å². The molecule has 53 heavy (non-hydrogen) atoms. The number of amides is 1. The van der Waals surface area contributed by atoms with Gasteiger partial charge in [-0.05, 0) is 61.1 Å². The molecule has 0 atom stereocenters. The van der Waals surface area contributed by atoms with E-state index in [0.29, 0.717) is 95.0 Å². The Hall–Kier alpha value is -5.71. The smallest absolute Gasteiger partial charge is 0.490 e. The van der Waals surface area contributed by atoms with Crippen LogP contribution in [-0.2, 0) is 19.9 Å². The van der Waals surface area contributed by atoms with Crippen LogP contribution in [0.1, 0.15) is 52.7 Å². The van der Waals surface area contributed by atoms with E-state index in [-0.39, 0.29) is 42.5 Å². The third-order valence-corrected chi connectivity index (χ3v) is 9.84. The molecule has 4 heterocycles. The fraction of sp³-hybridized carbons (Fsp3) is 0.270. The molecule has 0 aliphatic carbocycles. The lowest BCUT2D eigenvalue weighted by Crippen LogP contribution is -2.49. The lowest BCUT2D eigenvalue weighted by atomic mass is 9.77. The average molecular weight is 738 g/mol. The van der Waals surface area contributed by atoms with Gasteiger partial charge in [-0.15, -0.1) is 0 Å². The Morgan fingerprint density at radius 3 is 2.19 bits per heavy atom. The van der Waals surface area contributed by atoms with Crippen molar-refractivity contribution in [1.29, 1.82) is 0 Å². The van der Waals surface area contributed by atoms with Gasteiger partial charge < -0.3 is 50.2 Å². The third-order valence-electron chi connectivity index (χ3n) is 9.59. The van der Waals surface area contributed by atoms with Gasteiger partial charge in [0.15, 0.2) is 10.7 Å². The van der Waals surface area contributed by atoms with Crippen molar-refractivity contribution in [2.45, 2.75) is 31.3 Å². The van der Waals surface area contributed by atoms with E-state index in [9.17, 15) is 34.6 Å². The normalized spacial score (nSPS) is 15.1. The number of carbonyl (C=O) groups excluding carboxylic acids is 3. The van der Waals surface area contributed by atoms with Crippen LogP contribution in [0.2, 0.25) is 0 Å². The monoisotopic (exact) mass is 737 g/mol. The number of carbonyl (C=O) groups is 3. The summed E-state index contributed by atoms with van der Waals surface area (Å²) < 4.78 is 12.1. The van der Waals surface area contributed by atoms with E-state index >= 15 is 0 Å². The first-order chi connectivity index (χ1) is 25.5. The Morgan fingerprint density at radius 2 is 1.55 bits per heavy atom. The lowest BCUT2D eigenvalue weighted by molar-refractivity contribution is -0.133. The first-order valence-corrected chi connectivity index (χ1v) is 17.6. The second kappa shape index (κ2) is 14.7. The van der Waals surface area contributed by atoms with Crippen molar-refractivity contribution >= 4 is 59.1 Å². The molecule has 6 N–H and O–H groups in total. The second-order valence-corrected chi connectivity index (χ2v) is 13.4. The molecule has 7 rings (SSSR count). The van der Waals surface area contributed by atoms with Crippen molar-refractivity contribution in [2.75, 3.05) is 42.9 Å². The van der Waals surface area contributed by atoms with Gasteiger partial charge in [0.05, 0.1) is 5.56 Å². The number of hydrogen-bond donors (Lipinski definition) is 6. The molecule has 1 spiro atoms. The highest BCUT2D eigenvalue weighted by atomic mass is 32.1. The van der Waals surface area contributed by atoms with Gasteiger partial charge in [-0.3, -0.25) is 9.59 Å². The molecule has 0 saturated carbocycles. The van der Waals surface area contributed by atoms with E-state index in [4.69, 9.17) is 21.7 Å². The summed E-state index contributed by atoms with van der Waals surface area (Å²) >= 11 is 5.47. The first-order valence-electron chi connectivity index (χ1n) is 17.2. The fourth-order valence-corrected chi connectivity index (χ4v) is 7.12. The van der Waals surface area contributed by atoms with Crippen molar-refractivity contribution in [1.82, 2.24) is 15.2 Å². The molecule has 3 aromatic carbocycles. The molecule has 1 fully saturated rings. The van der Waals surface area contributed by atoms with Crippen molar-refractivity contribution in [3.8, 4) is 23.0 Å². The Bertz CT molecular complexity index is 2040. The maximum Gasteiger partial charge on any atom is 0.490 e. The summed E-state index contributed by atoms with van der Waals surface area (Å²) in [6, 6.07) is 17.7. The Kier molecular flexibility index (Phi) is 9.92. The quantitative estimate of drug-likeness (QED) is 0.0602. The number of thiocarbonyl (C=S) groups is 1. The number of Topliss-reactive ketones (excluding diaryl/α,β-unsaturated/α-hetero) is 1. The number of ketones is 1. The van der Waals surface area contributed by atoms with Crippen LogP contribution in [0.3, 0.4) is 0 Å². The lowest BCUT2D eigenvalue weighted by Gasteiger charge is -2.36. The summed E-state index contributed by atoms with van der Waals surface area (Å²) in [7, 11) is -1.57. The Labute approximate surface area is 310 Å². The molecule has 4 aromatic rings. The predicted molar refractivity (Wildman–Crippen MR) is 199 cm³/mol. The highest BCUT2D eigenvalue weighted by molar-refractivity contribution is 7.80. The van der Waals surface area contributed by atoms with E-state index in [1.807, 2.05) is 4.90 Å². The number of aromatic hydroxyl groups is 2. The van der Waals surface area contributed by atoms with Crippen molar-refractivity contribution in [2.24, 2.45) is 0 Å². The number of anilines is 2. The van der Waals surface area contributed by atoms with E-state index < -0.39 is 18.7 Å². The van der Waals surface area contributed by atoms with E-state index in [1.54, 1.807) is 47.4 Å². The molecule has 3 aliphatic rings. The number of benzene rings is 3. The zero-order valence-electron chi connectivity index (χ0n) is 28.4. The molecule has 3 aliphatic heterocycles. The fourth-order valence-electron chi connectivity index (χ4n) is 6.90. The maximum atomic E-state index is 13.4. The number of nitrogens with zero attached hydrogens (tertiary/aromatic N) is 3. The van der Waals surface area contributed by atoms with Crippen LogP contribution in [0.15, 0.2) is 72.9 Å². The Morgan fingerprint density at radius 1 is 0.868 bits per heavy atom. The minimum atomic E-state index is -1.57. The number of phenols is 2. The van der Waals surface area contributed by atoms with Gasteiger partial charge in [-0.2, -0.15) is 0 Å². The number of aromatic nitrogens is 1. The highest BCUT2D eigenvalue weighted by Crippen LogP contribution is 2.57. The third kappa shape index (κ3) is 7.20. The molecule has 1 amide bonds. The molecular weight excluding hydrogens is 701 g/mol. The summed E-state index contributed by atoms with van der Waals surface area (Å²) in [5, 5.41) is 45.2. The van der Waals surface area contributed by atoms with Crippen LogP contribution < -0.4 is 25.7 Å². The molecule has 0 unspecified atom stereocenters. The van der Waals surface area contributed by atoms with Gasteiger partial charge in [0.2, 0.25) is 5.91 Å². The average Bonchev–Trinajstić information content (AvgIpc) is 3.43. The van der Waals surface area contributed by atoms with Gasteiger partial charge in [0, 0.05) is 98.2 Å². The Balaban J connectivity index is 0.877. The minimum absolute atomic E-state index is 0.0132. The summed E-state index contributed by atoms with van der Waals surface area (Å²) in [5.41, 5.74) is 1.43. The summed E-state index contributed by atoms with van der Waals surface area (Å²) in [5.74, 6) is 0.581. The number of rotatable bonds is 10. The summed E-state index contributed by atoms with van der Waals surface area (Å²) in [4.78, 5) is 46.7. The van der Waals surface area contributed by atoms with Crippen molar-refractivity contribution in [3.05, 3.63) is 95.2 Å². The molecule has 0 bridgehead atoms. The molecule has 1 aromatic heterocycles. The van der Waals surface area contributed by atoms with Gasteiger partial charge in [-0.25, -0.2) is 9.78 Å². The standard InChI is InChI=1S/C37H36BN5O9S/c44-24(7-12-34(47)43-16-14-42(15-17-43)33-11-3-22(21-40-33)38(49)50)2-1-13-39-36(53)41-23-4-8-28-27(18-23)35(48)52-37(28)29-9-5-25(45)19-31(29)51-32-20-26(46)6-10-30(32)37/h3-6,8-11,18-21,45-46,49-50H,1-2,7,12-17H2,(H2,39,41,53). The van der Waals surface area contributed by atoms with Crippen molar-refractivity contribution < 1.29 is 44.1 Å². The number of ether oxygens (including phenoxy) is 2. The molecule has 16 heteroatoms. The van der Waals surface area contributed by atoms with E-state index in [0.717, 1.165) is 0 Å². The number of nitrogens with one attached hydrogen (secondary N) is 2. The van der Waals surface area contributed by atoms with Gasteiger partial charge >= 0.3 is 13.1 Å². The predicted octanol–water partition coefficient (Wildman–Crippen LogP) is 2.51. The molecule has 14 nitrogen and oxygen atoms in total. The van der Waals surface area contributed by atoms with Crippen LogP contribution in [0.5, 0.6) is 23.0 Å². The van der Waals surface area contributed by atoms with E-state index in [1.165, 1.54) is 30.5 Å². The molecule has 0 radical (unpaired) electrons. The SMILES string of the molecule is O=C(CCCNC(=S)Nc1ccc2c(c1)C(=O)OC21c2ccc(O)cc2Oc2cc(O)ccc21)CCC(=O)N1CCN(c2ccc(B(O)O)cn2)CC1. The summed E-state index contributed by atoms with van der Waals surface area (Å²) in [6.45, 7) is 2.60. The van der Waals surface area contributed by atoms with Crippen LogP contribution in [0.25, 0.3) is 0 Å². The van der Waals surface area contributed by atoms with Crippen molar-refractivity contribution in [3.63, 3.8) is 0 Å². The van der Waals surface area contributed by atoms with Gasteiger partial charge in [-0.1, -0.05) is 12.1 Å². The number of fused-ring (bicyclic) bond motifs is 6. The largest absolute Gasteiger partial charge is 0.508 e. The first kappa shape index (κ1) is 35.7. The topological polar surface area (TPSA) is 194 Å². The molecule has 1 saturated heterocycles. The van der Waals surface area contributed by atoms with Gasteiger partial charge in [0.25, 0.3) is 0 Å². The number of pyridine rings is 1. The number of esters is 1.